The molecule has 20 heavy (non-hydrogen) atoms. The minimum Gasteiger partial charge on any atom is -0.488 e. The van der Waals surface area contributed by atoms with Gasteiger partial charge in [0, 0.05) is 19.5 Å². The van der Waals surface area contributed by atoms with Crippen molar-refractivity contribution in [3.8, 4) is 5.75 Å². The lowest BCUT2D eigenvalue weighted by Crippen LogP contribution is -2.29. The minimum absolute atomic E-state index is 0.261. The third-order valence-electron chi connectivity index (χ3n) is 3.78. The van der Waals surface area contributed by atoms with Crippen molar-refractivity contribution >= 4 is 0 Å². The van der Waals surface area contributed by atoms with Crippen LogP contribution in [0.25, 0.3) is 0 Å². The van der Waals surface area contributed by atoms with Gasteiger partial charge in [0.2, 0.25) is 0 Å². The second kappa shape index (κ2) is 5.68. The summed E-state index contributed by atoms with van der Waals surface area (Å²) >= 11 is 0. The summed E-state index contributed by atoms with van der Waals surface area (Å²) in [6.45, 7) is 6.03. The first-order chi connectivity index (χ1) is 9.70. The lowest BCUT2D eigenvalue weighted by atomic mass is 10.1. The molecule has 0 amide bonds. The summed E-state index contributed by atoms with van der Waals surface area (Å²) in [5.41, 5.74) is 5.27. The number of hydrogen-bond donors (Lipinski definition) is 1. The molecule has 0 bridgehead atoms. The van der Waals surface area contributed by atoms with Crippen LogP contribution in [-0.2, 0) is 13.0 Å². The number of nitrogens with one attached hydrogen (secondary N) is 1. The van der Waals surface area contributed by atoms with Crippen molar-refractivity contribution in [2.75, 3.05) is 6.54 Å². The zero-order valence-electron chi connectivity index (χ0n) is 12.1. The van der Waals surface area contributed by atoms with Crippen molar-refractivity contribution in [2.45, 2.75) is 32.9 Å². The van der Waals surface area contributed by atoms with Gasteiger partial charge in [0.1, 0.15) is 11.9 Å². The summed E-state index contributed by atoms with van der Waals surface area (Å²) in [6.07, 6.45) is 1.27. The summed E-state index contributed by atoms with van der Waals surface area (Å²) < 4.78 is 5.96. The van der Waals surface area contributed by atoms with E-state index >= 15 is 0 Å². The van der Waals surface area contributed by atoms with Gasteiger partial charge in [-0.1, -0.05) is 47.5 Å². The monoisotopic (exact) mass is 267 g/mol. The standard InChI is InChI=1S/C18H21NO/c1-13-3-6-15(7-4-13)11-19-12-17-10-16-9-14(2)5-8-18(16)20-17/h3-9,17,19H,10-12H2,1-2H3. The molecule has 1 unspecified atom stereocenters. The van der Waals surface area contributed by atoms with E-state index in [4.69, 9.17) is 4.74 Å². The van der Waals surface area contributed by atoms with Gasteiger partial charge in [0.15, 0.2) is 0 Å². The van der Waals surface area contributed by atoms with Gasteiger partial charge in [0.05, 0.1) is 0 Å². The number of ether oxygens (including phenoxy) is 1. The third-order valence-corrected chi connectivity index (χ3v) is 3.78. The molecule has 1 aliphatic heterocycles. The van der Waals surface area contributed by atoms with Gasteiger partial charge in [-0.15, -0.1) is 0 Å². The van der Waals surface area contributed by atoms with Crippen molar-refractivity contribution in [3.05, 3.63) is 64.7 Å². The Balaban J connectivity index is 1.50. The average Bonchev–Trinajstić information content (AvgIpc) is 2.83. The highest BCUT2D eigenvalue weighted by Crippen LogP contribution is 2.29. The Morgan fingerprint density at radius 2 is 1.80 bits per heavy atom. The van der Waals surface area contributed by atoms with E-state index in [1.54, 1.807) is 0 Å². The van der Waals surface area contributed by atoms with Crippen LogP contribution in [0.15, 0.2) is 42.5 Å². The first-order valence-corrected chi connectivity index (χ1v) is 7.23. The van der Waals surface area contributed by atoms with Crippen molar-refractivity contribution < 1.29 is 4.74 Å². The van der Waals surface area contributed by atoms with Crippen LogP contribution < -0.4 is 10.1 Å². The molecule has 3 rings (SSSR count). The Hall–Kier alpha value is -1.80. The highest BCUT2D eigenvalue weighted by Gasteiger charge is 2.22. The lowest BCUT2D eigenvalue weighted by molar-refractivity contribution is 0.227. The molecule has 0 fully saturated rings. The first-order valence-electron chi connectivity index (χ1n) is 7.23. The molecule has 0 aromatic heterocycles. The maximum absolute atomic E-state index is 5.96. The van der Waals surface area contributed by atoms with Gasteiger partial charge in [-0.3, -0.25) is 0 Å². The van der Waals surface area contributed by atoms with E-state index in [9.17, 15) is 0 Å². The van der Waals surface area contributed by atoms with E-state index in [1.165, 1.54) is 22.3 Å². The molecule has 1 heterocycles. The third kappa shape index (κ3) is 3.02. The SMILES string of the molecule is Cc1ccc(CNCC2Cc3cc(C)ccc3O2)cc1. The number of rotatable bonds is 4. The highest BCUT2D eigenvalue weighted by molar-refractivity contribution is 5.40. The fourth-order valence-corrected chi connectivity index (χ4v) is 2.65. The molecule has 104 valence electrons. The summed E-state index contributed by atoms with van der Waals surface area (Å²) in [5, 5.41) is 3.49. The van der Waals surface area contributed by atoms with Gasteiger partial charge in [-0.05, 0) is 31.0 Å². The predicted molar refractivity (Wildman–Crippen MR) is 82.2 cm³/mol. The molecule has 0 spiro atoms. The van der Waals surface area contributed by atoms with Gasteiger partial charge in [-0.25, -0.2) is 0 Å². The zero-order chi connectivity index (χ0) is 13.9. The van der Waals surface area contributed by atoms with E-state index in [-0.39, 0.29) is 6.10 Å². The van der Waals surface area contributed by atoms with Crippen LogP contribution in [0, 0.1) is 13.8 Å². The predicted octanol–water partition coefficient (Wildman–Crippen LogP) is 3.40. The quantitative estimate of drug-likeness (QED) is 0.916. The minimum atomic E-state index is 0.261. The molecule has 2 aromatic rings. The van der Waals surface area contributed by atoms with Crippen molar-refractivity contribution in [2.24, 2.45) is 0 Å². The summed E-state index contributed by atoms with van der Waals surface area (Å²) in [4.78, 5) is 0. The van der Waals surface area contributed by atoms with Crippen LogP contribution >= 0.6 is 0 Å². The van der Waals surface area contributed by atoms with Crippen LogP contribution in [-0.4, -0.2) is 12.6 Å². The fraction of sp³-hybridized carbons (Fsp3) is 0.333. The summed E-state index contributed by atoms with van der Waals surface area (Å²) in [7, 11) is 0. The smallest absolute Gasteiger partial charge is 0.123 e. The van der Waals surface area contributed by atoms with E-state index < -0.39 is 0 Å². The topological polar surface area (TPSA) is 21.3 Å². The molecule has 0 aliphatic carbocycles. The first kappa shape index (κ1) is 13.2. The maximum atomic E-state index is 5.96. The van der Waals surface area contributed by atoms with E-state index in [0.717, 1.165) is 25.3 Å². The Bertz CT molecular complexity index is 589. The van der Waals surface area contributed by atoms with Crippen molar-refractivity contribution in [1.29, 1.82) is 0 Å². The highest BCUT2D eigenvalue weighted by atomic mass is 16.5. The Labute approximate surface area is 120 Å². The molecular weight excluding hydrogens is 246 g/mol. The van der Waals surface area contributed by atoms with Crippen molar-refractivity contribution in [1.82, 2.24) is 5.32 Å². The lowest BCUT2D eigenvalue weighted by Gasteiger charge is -2.12. The molecular formula is C18H21NO. The van der Waals surface area contributed by atoms with Gasteiger partial charge in [-0.2, -0.15) is 0 Å². The molecule has 2 heteroatoms. The fourth-order valence-electron chi connectivity index (χ4n) is 2.65. The van der Waals surface area contributed by atoms with Gasteiger partial charge in [0.25, 0.3) is 0 Å². The second-order valence-electron chi connectivity index (χ2n) is 5.67. The average molecular weight is 267 g/mol. The Kier molecular flexibility index (Phi) is 3.75. The Morgan fingerprint density at radius 1 is 1.05 bits per heavy atom. The van der Waals surface area contributed by atoms with Crippen LogP contribution in [0.4, 0.5) is 0 Å². The Morgan fingerprint density at radius 3 is 2.60 bits per heavy atom. The largest absolute Gasteiger partial charge is 0.488 e. The summed E-state index contributed by atoms with van der Waals surface area (Å²) in [5.74, 6) is 1.05. The number of fused-ring (bicyclic) bond motifs is 1. The van der Waals surface area contributed by atoms with Gasteiger partial charge < -0.3 is 10.1 Å². The molecule has 0 radical (unpaired) electrons. The molecule has 0 saturated heterocycles. The number of hydrogen-bond acceptors (Lipinski definition) is 2. The molecule has 2 aromatic carbocycles. The second-order valence-corrected chi connectivity index (χ2v) is 5.67. The maximum Gasteiger partial charge on any atom is 0.123 e. The zero-order valence-corrected chi connectivity index (χ0v) is 12.1. The van der Waals surface area contributed by atoms with E-state index in [2.05, 4.69) is 61.6 Å². The van der Waals surface area contributed by atoms with E-state index in [0.29, 0.717) is 0 Å². The van der Waals surface area contributed by atoms with Crippen molar-refractivity contribution in [3.63, 3.8) is 0 Å². The van der Waals surface area contributed by atoms with Gasteiger partial charge >= 0.3 is 0 Å². The summed E-state index contributed by atoms with van der Waals surface area (Å²) in [6, 6.07) is 15.1. The normalized spacial score (nSPS) is 16.8. The van der Waals surface area contributed by atoms with Crippen LogP contribution in [0.1, 0.15) is 22.3 Å². The molecule has 1 atom stereocenters. The van der Waals surface area contributed by atoms with Crippen LogP contribution in [0.3, 0.4) is 0 Å². The molecule has 1 N–H and O–H groups in total. The molecule has 1 aliphatic rings. The van der Waals surface area contributed by atoms with Crippen LogP contribution in [0.2, 0.25) is 0 Å². The van der Waals surface area contributed by atoms with Crippen LogP contribution in [0.5, 0.6) is 5.75 Å². The molecule has 2 nitrogen and oxygen atoms in total. The number of aryl methyl sites for hydroxylation is 2. The molecule has 0 saturated carbocycles. The number of benzene rings is 2. The van der Waals surface area contributed by atoms with E-state index in [1.807, 2.05) is 0 Å².